The Labute approximate surface area is 232 Å². The SMILES string of the molecule is CNC(=O)c1c(-c2ccc(F)cc2)oc2ccc(-c3cc(C(=O)N(c4ncccn4)C4CC4)cc(F)c3C)c(F)c12. The molecular weight excluding hydrogens is 533 g/mol. The van der Waals surface area contributed by atoms with Gasteiger partial charge in [0.25, 0.3) is 11.8 Å². The molecule has 0 spiro atoms. The first-order valence-electron chi connectivity index (χ1n) is 12.9. The second kappa shape index (κ2) is 10.2. The summed E-state index contributed by atoms with van der Waals surface area (Å²) in [5.41, 5.74) is 0.625. The lowest BCUT2D eigenvalue weighted by Gasteiger charge is -2.21. The van der Waals surface area contributed by atoms with E-state index >= 15 is 8.78 Å². The number of anilines is 1. The van der Waals surface area contributed by atoms with Crippen LogP contribution in [0.5, 0.6) is 0 Å². The zero-order valence-corrected chi connectivity index (χ0v) is 22.0. The lowest BCUT2D eigenvalue weighted by molar-refractivity contribution is 0.0961. The molecule has 5 aromatic rings. The number of fused-ring (bicyclic) bond motifs is 1. The molecule has 0 bridgehead atoms. The predicted molar refractivity (Wildman–Crippen MR) is 147 cm³/mol. The molecule has 3 aromatic carbocycles. The van der Waals surface area contributed by atoms with Gasteiger partial charge in [-0.2, -0.15) is 0 Å². The van der Waals surface area contributed by atoms with Gasteiger partial charge in [0.2, 0.25) is 5.95 Å². The second-order valence-corrected chi connectivity index (χ2v) is 9.78. The highest BCUT2D eigenvalue weighted by atomic mass is 19.1. The molecule has 206 valence electrons. The average molecular weight is 557 g/mol. The number of benzene rings is 3. The number of amides is 2. The first-order chi connectivity index (χ1) is 19.8. The lowest BCUT2D eigenvalue weighted by Crippen LogP contribution is -2.34. The van der Waals surface area contributed by atoms with Gasteiger partial charge in [0.05, 0.1) is 10.9 Å². The fraction of sp³-hybridized carbons (Fsp3) is 0.161. The highest BCUT2D eigenvalue weighted by molar-refractivity contribution is 6.12. The fourth-order valence-electron chi connectivity index (χ4n) is 4.89. The van der Waals surface area contributed by atoms with Gasteiger partial charge in [-0.25, -0.2) is 23.1 Å². The molecule has 7 nitrogen and oxygen atoms in total. The maximum atomic E-state index is 16.4. The number of carbonyl (C=O) groups excluding carboxylic acids is 2. The molecule has 1 fully saturated rings. The maximum Gasteiger partial charge on any atom is 0.261 e. The van der Waals surface area contributed by atoms with E-state index in [-0.39, 0.29) is 56.5 Å². The topological polar surface area (TPSA) is 88.3 Å². The Kier molecular flexibility index (Phi) is 6.53. The summed E-state index contributed by atoms with van der Waals surface area (Å²) in [4.78, 5) is 36.4. The average Bonchev–Trinajstić information content (AvgIpc) is 3.73. The summed E-state index contributed by atoms with van der Waals surface area (Å²) in [6.07, 6.45) is 4.56. The third kappa shape index (κ3) is 4.61. The number of halogens is 3. The largest absolute Gasteiger partial charge is 0.455 e. The van der Waals surface area contributed by atoms with E-state index in [1.165, 1.54) is 73.7 Å². The molecule has 0 radical (unpaired) electrons. The molecule has 2 amide bonds. The quantitative estimate of drug-likeness (QED) is 0.260. The summed E-state index contributed by atoms with van der Waals surface area (Å²) in [6, 6.07) is 12.2. The maximum absolute atomic E-state index is 16.4. The van der Waals surface area contributed by atoms with Crippen LogP contribution in [0.3, 0.4) is 0 Å². The summed E-state index contributed by atoms with van der Waals surface area (Å²) < 4.78 is 51.1. The van der Waals surface area contributed by atoms with Crippen molar-refractivity contribution in [2.45, 2.75) is 25.8 Å². The fourth-order valence-corrected chi connectivity index (χ4v) is 4.89. The van der Waals surface area contributed by atoms with Crippen LogP contribution in [-0.2, 0) is 0 Å². The van der Waals surface area contributed by atoms with Gasteiger partial charge in [-0.05, 0) is 85.5 Å². The van der Waals surface area contributed by atoms with Crippen LogP contribution in [-0.4, -0.2) is 34.9 Å². The van der Waals surface area contributed by atoms with Crippen LogP contribution in [0.25, 0.3) is 33.4 Å². The molecule has 1 saturated carbocycles. The monoisotopic (exact) mass is 556 g/mol. The molecular formula is C31H23F3N4O3. The second-order valence-electron chi connectivity index (χ2n) is 9.78. The van der Waals surface area contributed by atoms with Crippen LogP contribution in [0.15, 0.2) is 71.4 Å². The Balaban J connectivity index is 1.51. The number of furan rings is 1. The minimum Gasteiger partial charge on any atom is -0.455 e. The van der Waals surface area contributed by atoms with Crippen molar-refractivity contribution in [1.29, 1.82) is 0 Å². The number of hydrogen-bond donors (Lipinski definition) is 1. The number of nitrogens with zero attached hydrogens (tertiary/aromatic N) is 3. The van der Waals surface area contributed by atoms with Crippen molar-refractivity contribution in [1.82, 2.24) is 15.3 Å². The summed E-state index contributed by atoms with van der Waals surface area (Å²) in [7, 11) is 1.40. The summed E-state index contributed by atoms with van der Waals surface area (Å²) >= 11 is 0. The Morgan fingerprint density at radius 1 is 0.976 bits per heavy atom. The van der Waals surface area contributed by atoms with Crippen molar-refractivity contribution in [2.75, 3.05) is 11.9 Å². The first kappa shape index (κ1) is 26.2. The first-order valence-corrected chi connectivity index (χ1v) is 12.9. The van der Waals surface area contributed by atoms with E-state index in [9.17, 15) is 14.0 Å². The van der Waals surface area contributed by atoms with Crippen molar-refractivity contribution >= 4 is 28.7 Å². The zero-order valence-electron chi connectivity index (χ0n) is 22.0. The number of nitrogens with one attached hydrogen (secondary N) is 1. The molecule has 1 N–H and O–H groups in total. The third-order valence-corrected chi connectivity index (χ3v) is 7.13. The van der Waals surface area contributed by atoms with Crippen molar-refractivity contribution < 1.29 is 27.2 Å². The highest BCUT2D eigenvalue weighted by Crippen LogP contribution is 2.40. The molecule has 0 aliphatic heterocycles. The molecule has 1 aliphatic rings. The Bertz CT molecular complexity index is 1820. The number of aromatic nitrogens is 2. The van der Waals surface area contributed by atoms with Crippen molar-refractivity contribution in [2.24, 2.45) is 0 Å². The van der Waals surface area contributed by atoms with E-state index in [1.807, 2.05) is 0 Å². The molecule has 0 saturated heterocycles. The van der Waals surface area contributed by atoms with E-state index in [2.05, 4.69) is 15.3 Å². The van der Waals surface area contributed by atoms with Gasteiger partial charge >= 0.3 is 0 Å². The molecule has 41 heavy (non-hydrogen) atoms. The molecule has 0 unspecified atom stereocenters. The number of carbonyl (C=O) groups is 2. The molecule has 2 heterocycles. The van der Waals surface area contributed by atoms with Crippen LogP contribution in [0.1, 0.15) is 39.1 Å². The van der Waals surface area contributed by atoms with Gasteiger partial charge < -0.3 is 9.73 Å². The van der Waals surface area contributed by atoms with Crippen LogP contribution in [0.4, 0.5) is 19.1 Å². The Morgan fingerprint density at radius 2 is 1.68 bits per heavy atom. The van der Waals surface area contributed by atoms with Gasteiger partial charge in [-0.3, -0.25) is 14.5 Å². The summed E-state index contributed by atoms with van der Waals surface area (Å²) in [6.45, 7) is 1.49. The van der Waals surface area contributed by atoms with Gasteiger partial charge in [0, 0.05) is 42.2 Å². The molecule has 6 rings (SSSR count). The minimum atomic E-state index is -0.823. The van der Waals surface area contributed by atoms with Crippen molar-refractivity contribution in [3.8, 4) is 22.5 Å². The number of rotatable bonds is 6. The van der Waals surface area contributed by atoms with Crippen LogP contribution < -0.4 is 10.2 Å². The molecule has 1 aliphatic carbocycles. The van der Waals surface area contributed by atoms with E-state index in [0.29, 0.717) is 5.56 Å². The van der Waals surface area contributed by atoms with Gasteiger partial charge in [-0.15, -0.1) is 0 Å². The van der Waals surface area contributed by atoms with E-state index in [0.717, 1.165) is 18.9 Å². The van der Waals surface area contributed by atoms with Crippen LogP contribution in [0.2, 0.25) is 0 Å². The Morgan fingerprint density at radius 3 is 2.34 bits per heavy atom. The van der Waals surface area contributed by atoms with Crippen LogP contribution >= 0.6 is 0 Å². The highest BCUT2D eigenvalue weighted by Gasteiger charge is 2.36. The third-order valence-electron chi connectivity index (χ3n) is 7.13. The van der Waals surface area contributed by atoms with Gasteiger partial charge in [0.1, 0.15) is 28.8 Å². The smallest absolute Gasteiger partial charge is 0.261 e. The van der Waals surface area contributed by atoms with E-state index in [1.54, 1.807) is 6.07 Å². The predicted octanol–water partition coefficient (Wildman–Crippen LogP) is 6.45. The summed E-state index contributed by atoms with van der Waals surface area (Å²) in [5.74, 6) is -2.85. The van der Waals surface area contributed by atoms with Crippen molar-refractivity contribution in [3.63, 3.8) is 0 Å². The molecule has 0 atom stereocenters. The minimum absolute atomic E-state index is 0.00710. The molecule has 2 aromatic heterocycles. The van der Waals surface area contributed by atoms with Gasteiger partial charge in [-0.1, -0.05) is 0 Å². The van der Waals surface area contributed by atoms with Crippen molar-refractivity contribution in [3.05, 3.63) is 101 Å². The zero-order chi connectivity index (χ0) is 28.8. The van der Waals surface area contributed by atoms with E-state index in [4.69, 9.17) is 4.42 Å². The number of hydrogen-bond acceptors (Lipinski definition) is 5. The summed E-state index contributed by atoms with van der Waals surface area (Å²) in [5, 5.41) is 2.38. The van der Waals surface area contributed by atoms with Gasteiger partial charge in [0.15, 0.2) is 0 Å². The standard InChI is InChI=1S/C31H23F3N4O3/c1-16-22(14-18(15-23(16)33)30(40)38(20-8-9-20)31-36-12-3-13-37-31)21-10-11-24-25(27(21)34)26(29(39)35-2)28(41-24)17-4-6-19(32)7-5-17/h3-7,10-15,20H,8-9H2,1-2H3,(H,35,39). The van der Waals surface area contributed by atoms with E-state index < -0.39 is 29.3 Å². The molecule has 10 heteroatoms. The lowest BCUT2D eigenvalue weighted by atomic mass is 9.94. The van der Waals surface area contributed by atoms with Crippen LogP contribution in [0, 0.1) is 24.4 Å². The normalized spacial score (nSPS) is 12.9. The Hall–Kier alpha value is -4.99.